The molecular weight excluding hydrogens is 286 g/mol. The summed E-state index contributed by atoms with van der Waals surface area (Å²) < 4.78 is 5.55. The van der Waals surface area contributed by atoms with Gasteiger partial charge in [-0.05, 0) is 19.4 Å². The fourth-order valence-corrected chi connectivity index (χ4v) is 2.40. The monoisotopic (exact) mass is 305 g/mol. The lowest BCUT2D eigenvalue weighted by Crippen LogP contribution is -2.27. The molecule has 0 atom stereocenters. The topological polar surface area (TPSA) is 38.3 Å². The first-order chi connectivity index (χ1) is 10.3. The van der Waals surface area contributed by atoms with Crippen LogP contribution in [-0.2, 0) is 6.54 Å². The molecule has 2 aromatic rings. The molecule has 0 aliphatic rings. The zero-order chi connectivity index (χ0) is 15.1. The number of anilines is 1. The lowest BCUT2D eigenvalue weighted by atomic mass is 10.2. The van der Waals surface area contributed by atoms with Gasteiger partial charge in [-0.3, -0.25) is 0 Å². The molecule has 0 bridgehead atoms. The smallest absolute Gasteiger partial charge is 0.221 e. The predicted molar refractivity (Wildman–Crippen MR) is 86.2 cm³/mol. The van der Waals surface area contributed by atoms with Crippen molar-refractivity contribution in [1.29, 1.82) is 0 Å². The fourth-order valence-electron chi connectivity index (χ4n) is 2.19. The van der Waals surface area contributed by atoms with Gasteiger partial charge in [-0.2, -0.15) is 0 Å². The molecule has 1 aromatic heterocycles. The first kappa shape index (κ1) is 15.6. The number of hydrogen-bond acceptors (Lipinski definition) is 4. The minimum absolute atomic E-state index is 0.542. The van der Waals surface area contributed by atoms with E-state index >= 15 is 0 Å². The van der Waals surface area contributed by atoms with Gasteiger partial charge in [0.15, 0.2) is 0 Å². The predicted octanol–water partition coefficient (Wildman–Crippen LogP) is 3.43. The van der Waals surface area contributed by atoms with Crippen molar-refractivity contribution in [2.45, 2.75) is 20.4 Å². The lowest BCUT2D eigenvalue weighted by molar-refractivity contribution is 0.323. The van der Waals surface area contributed by atoms with Crippen LogP contribution in [0.5, 0.6) is 5.88 Å². The normalized spacial score (nSPS) is 10.4. The Hall–Kier alpha value is -1.81. The SMILES string of the molecule is CCOc1ncnc(N(CCCl)Cc2ccccc2)c1C. The number of hydrogen-bond donors (Lipinski definition) is 0. The molecule has 0 radical (unpaired) electrons. The summed E-state index contributed by atoms with van der Waals surface area (Å²) in [4.78, 5) is 10.8. The van der Waals surface area contributed by atoms with E-state index in [1.54, 1.807) is 6.33 Å². The molecule has 0 saturated carbocycles. The van der Waals surface area contributed by atoms with Crippen molar-refractivity contribution in [2.24, 2.45) is 0 Å². The number of halogens is 1. The highest BCUT2D eigenvalue weighted by Crippen LogP contribution is 2.25. The van der Waals surface area contributed by atoms with E-state index in [2.05, 4.69) is 27.0 Å². The van der Waals surface area contributed by atoms with Gasteiger partial charge in [0, 0.05) is 19.0 Å². The Morgan fingerprint density at radius 1 is 1.19 bits per heavy atom. The molecule has 1 heterocycles. The van der Waals surface area contributed by atoms with Crippen LogP contribution in [0.1, 0.15) is 18.1 Å². The van der Waals surface area contributed by atoms with Gasteiger partial charge in [-0.15, -0.1) is 11.6 Å². The van der Waals surface area contributed by atoms with Gasteiger partial charge >= 0.3 is 0 Å². The second-order valence-electron chi connectivity index (χ2n) is 4.66. The summed E-state index contributed by atoms with van der Waals surface area (Å²) in [5.74, 6) is 2.05. The van der Waals surface area contributed by atoms with Crippen LogP contribution in [0.4, 0.5) is 5.82 Å². The Morgan fingerprint density at radius 2 is 1.95 bits per heavy atom. The number of alkyl halides is 1. The van der Waals surface area contributed by atoms with Crippen LogP contribution >= 0.6 is 11.6 Å². The van der Waals surface area contributed by atoms with E-state index in [4.69, 9.17) is 16.3 Å². The molecule has 0 spiro atoms. The molecular formula is C16H20ClN3O. The Morgan fingerprint density at radius 3 is 2.62 bits per heavy atom. The van der Waals surface area contributed by atoms with E-state index in [0.29, 0.717) is 18.4 Å². The molecule has 21 heavy (non-hydrogen) atoms. The average Bonchev–Trinajstić information content (AvgIpc) is 2.50. The molecule has 4 nitrogen and oxygen atoms in total. The maximum Gasteiger partial charge on any atom is 0.221 e. The van der Waals surface area contributed by atoms with E-state index in [9.17, 15) is 0 Å². The van der Waals surface area contributed by atoms with Crippen LogP contribution in [0, 0.1) is 6.92 Å². The summed E-state index contributed by atoms with van der Waals surface area (Å²) in [5, 5.41) is 0. The zero-order valence-corrected chi connectivity index (χ0v) is 13.2. The molecule has 1 aromatic carbocycles. The van der Waals surface area contributed by atoms with Crippen LogP contribution in [0.25, 0.3) is 0 Å². The quantitative estimate of drug-likeness (QED) is 0.735. The van der Waals surface area contributed by atoms with Crippen LogP contribution in [0.2, 0.25) is 0 Å². The van der Waals surface area contributed by atoms with Crippen molar-refractivity contribution in [3.8, 4) is 5.88 Å². The Labute approximate surface area is 130 Å². The summed E-state index contributed by atoms with van der Waals surface area (Å²) in [6, 6.07) is 10.3. The van der Waals surface area contributed by atoms with Crippen LogP contribution in [-0.4, -0.2) is 29.0 Å². The van der Waals surface area contributed by atoms with Crippen LogP contribution < -0.4 is 9.64 Å². The van der Waals surface area contributed by atoms with Crippen LogP contribution in [0.15, 0.2) is 36.7 Å². The summed E-state index contributed by atoms with van der Waals surface area (Å²) >= 11 is 5.95. The number of ether oxygens (including phenoxy) is 1. The molecule has 0 saturated heterocycles. The zero-order valence-electron chi connectivity index (χ0n) is 12.4. The molecule has 0 fully saturated rings. The van der Waals surface area contributed by atoms with Gasteiger partial charge in [-0.1, -0.05) is 30.3 Å². The van der Waals surface area contributed by atoms with Crippen molar-refractivity contribution in [2.75, 3.05) is 23.9 Å². The van der Waals surface area contributed by atoms with Crippen molar-refractivity contribution in [3.05, 3.63) is 47.8 Å². The van der Waals surface area contributed by atoms with E-state index in [1.165, 1.54) is 5.56 Å². The highest BCUT2D eigenvalue weighted by atomic mass is 35.5. The molecule has 0 amide bonds. The van der Waals surface area contributed by atoms with Gasteiger partial charge in [0.25, 0.3) is 0 Å². The van der Waals surface area contributed by atoms with E-state index in [0.717, 1.165) is 24.5 Å². The number of benzene rings is 1. The first-order valence-corrected chi connectivity index (χ1v) is 7.59. The molecule has 0 aliphatic carbocycles. The van der Waals surface area contributed by atoms with E-state index in [-0.39, 0.29) is 0 Å². The third kappa shape index (κ3) is 4.08. The highest BCUT2D eigenvalue weighted by Gasteiger charge is 2.15. The second-order valence-corrected chi connectivity index (χ2v) is 5.03. The Bertz CT molecular complexity index is 563. The molecule has 2 rings (SSSR count). The Kier molecular flexibility index (Phi) is 5.81. The molecule has 0 N–H and O–H groups in total. The number of aromatic nitrogens is 2. The minimum atomic E-state index is 0.542. The third-order valence-electron chi connectivity index (χ3n) is 3.16. The fraction of sp³-hybridized carbons (Fsp3) is 0.375. The van der Waals surface area contributed by atoms with Gasteiger partial charge in [-0.25, -0.2) is 9.97 Å². The first-order valence-electron chi connectivity index (χ1n) is 7.05. The lowest BCUT2D eigenvalue weighted by Gasteiger charge is -2.25. The summed E-state index contributed by atoms with van der Waals surface area (Å²) in [5.41, 5.74) is 2.17. The van der Waals surface area contributed by atoms with E-state index < -0.39 is 0 Å². The van der Waals surface area contributed by atoms with Crippen molar-refractivity contribution < 1.29 is 4.74 Å². The third-order valence-corrected chi connectivity index (χ3v) is 3.33. The Balaban J connectivity index is 2.27. The maximum absolute atomic E-state index is 5.95. The standard InChI is InChI=1S/C16H20ClN3O/c1-3-21-16-13(2)15(18-12-19-16)20(10-9-17)11-14-7-5-4-6-8-14/h4-8,12H,3,9-11H2,1-2H3. The van der Waals surface area contributed by atoms with Gasteiger partial charge < -0.3 is 9.64 Å². The highest BCUT2D eigenvalue weighted by molar-refractivity contribution is 6.18. The van der Waals surface area contributed by atoms with Crippen molar-refractivity contribution >= 4 is 17.4 Å². The second kappa shape index (κ2) is 7.84. The summed E-state index contributed by atoms with van der Waals surface area (Å²) in [7, 11) is 0. The number of rotatable bonds is 7. The molecule has 5 heteroatoms. The van der Waals surface area contributed by atoms with Gasteiger partial charge in [0.2, 0.25) is 5.88 Å². The largest absolute Gasteiger partial charge is 0.478 e. The van der Waals surface area contributed by atoms with Gasteiger partial charge in [0.1, 0.15) is 12.1 Å². The van der Waals surface area contributed by atoms with E-state index in [1.807, 2.05) is 32.0 Å². The van der Waals surface area contributed by atoms with Crippen molar-refractivity contribution in [3.63, 3.8) is 0 Å². The minimum Gasteiger partial charge on any atom is -0.478 e. The summed E-state index contributed by atoms with van der Waals surface area (Å²) in [6.45, 7) is 6.00. The molecule has 112 valence electrons. The maximum atomic E-state index is 5.95. The van der Waals surface area contributed by atoms with Crippen molar-refractivity contribution in [1.82, 2.24) is 9.97 Å². The van der Waals surface area contributed by atoms with Crippen LogP contribution in [0.3, 0.4) is 0 Å². The number of nitrogens with zero attached hydrogens (tertiary/aromatic N) is 3. The average molecular weight is 306 g/mol. The molecule has 0 aliphatic heterocycles. The van der Waals surface area contributed by atoms with Gasteiger partial charge in [0.05, 0.1) is 12.2 Å². The summed E-state index contributed by atoms with van der Waals surface area (Å²) in [6.07, 6.45) is 1.54. The molecule has 0 unspecified atom stereocenters.